The molecule has 3 aromatic carbocycles. The SMILES string of the molecule is C/C(=N\NC(=O)COc1ccc(-c2ccc(C#N)cc2)cc1)c1ccc(-n2ccnc2)cc1. The lowest BCUT2D eigenvalue weighted by Gasteiger charge is -2.08. The number of rotatable bonds is 7. The number of nitrogens with one attached hydrogen (secondary N) is 1. The summed E-state index contributed by atoms with van der Waals surface area (Å²) in [6.45, 7) is 1.68. The Morgan fingerprint density at radius 3 is 2.30 bits per heavy atom. The van der Waals surface area contributed by atoms with Gasteiger partial charge in [0, 0.05) is 18.1 Å². The maximum Gasteiger partial charge on any atom is 0.277 e. The fourth-order valence-electron chi connectivity index (χ4n) is 3.16. The molecule has 4 rings (SSSR count). The van der Waals surface area contributed by atoms with Gasteiger partial charge in [-0.25, -0.2) is 10.4 Å². The minimum Gasteiger partial charge on any atom is -0.484 e. The van der Waals surface area contributed by atoms with Crippen molar-refractivity contribution in [3.8, 4) is 28.6 Å². The first kappa shape index (κ1) is 21.5. The van der Waals surface area contributed by atoms with Crippen molar-refractivity contribution in [1.29, 1.82) is 5.26 Å². The van der Waals surface area contributed by atoms with Crippen molar-refractivity contribution in [2.24, 2.45) is 5.10 Å². The van der Waals surface area contributed by atoms with Crippen LogP contribution in [0.1, 0.15) is 18.1 Å². The zero-order chi connectivity index (χ0) is 23.0. The number of hydrogen-bond donors (Lipinski definition) is 1. The summed E-state index contributed by atoms with van der Waals surface area (Å²) in [6, 6.07) is 24.7. The van der Waals surface area contributed by atoms with E-state index in [2.05, 4.69) is 21.6 Å². The minimum atomic E-state index is -0.347. The molecule has 0 bridgehead atoms. The highest BCUT2D eigenvalue weighted by molar-refractivity contribution is 5.99. The molecule has 0 radical (unpaired) electrons. The molecule has 1 N–H and O–H groups in total. The van der Waals surface area contributed by atoms with E-state index < -0.39 is 0 Å². The number of benzene rings is 3. The second-order valence-corrected chi connectivity index (χ2v) is 7.25. The molecule has 0 aliphatic rings. The predicted molar refractivity (Wildman–Crippen MR) is 126 cm³/mol. The van der Waals surface area contributed by atoms with Crippen molar-refractivity contribution in [2.45, 2.75) is 6.92 Å². The summed E-state index contributed by atoms with van der Waals surface area (Å²) >= 11 is 0. The number of carbonyl (C=O) groups is 1. The van der Waals surface area contributed by atoms with E-state index in [0.29, 0.717) is 17.0 Å². The van der Waals surface area contributed by atoms with E-state index in [4.69, 9.17) is 10.00 Å². The standard InChI is InChI=1S/C26H21N5O2/c1-19(21-6-10-24(11-7-21)31-15-14-28-18-31)29-30-26(32)17-33-25-12-8-23(9-13-25)22-4-2-20(16-27)3-5-22/h2-15,18H,17H2,1H3,(H,30,32)/b29-19+. The summed E-state index contributed by atoms with van der Waals surface area (Å²) < 4.78 is 7.47. The third kappa shape index (κ3) is 5.51. The molecule has 0 saturated carbocycles. The first-order chi connectivity index (χ1) is 16.1. The number of hydrazone groups is 1. The molecule has 1 amide bonds. The summed E-state index contributed by atoms with van der Waals surface area (Å²) in [4.78, 5) is 16.2. The molecule has 1 heterocycles. The number of hydrogen-bond acceptors (Lipinski definition) is 5. The molecular weight excluding hydrogens is 414 g/mol. The molecule has 7 nitrogen and oxygen atoms in total. The smallest absolute Gasteiger partial charge is 0.277 e. The van der Waals surface area contributed by atoms with Crippen LogP contribution in [-0.2, 0) is 4.79 Å². The fourth-order valence-corrected chi connectivity index (χ4v) is 3.16. The summed E-state index contributed by atoms with van der Waals surface area (Å²) in [7, 11) is 0. The number of aromatic nitrogens is 2. The van der Waals surface area contributed by atoms with Crippen LogP contribution in [0.4, 0.5) is 0 Å². The van der Waals surface area contributed by atoms with Crippen molar-refractivity contribution < 1.29 is 9.53 Å². The topological polar surface area (TPSA) is 92.3 Å². The number of carbonyl (C=O) groups excluding carboxylic acids is 1. The van der Waals surface area contributed by atoms with Gasteiger partial charge < -0.3 is 9.30 Å². The van der Waals surface area contributed by atoms with Gasteiger partial charge in [-0.3, -0.25) is 4.79 Å². The van der Waals surface area contributed by atoms with Crippen LogP contribution in [0.3, 0.4) is 0 Å². The van der Waals surface area contributed by atoms with Crippen molar-refractivity contribution in [2.75, 3.05) is 6.61 Å². The molecule has 0 spiro atoms. The quantitative estimate of drug-likeness (QED) is 0.345. The third-order valence-electron chi connectivity index (χ3n) is 5.01. The van der Waals surface area contributed by atoms with Crippen LogP contribution >= 0.6 is 0 Å². The Kier molecular flexibility index (Phi) is 6.57. The average molecular weight is 435 g/mol. The van der Waals surface area contributed by atoms with Gasteiger partial charge in [0.05, 0.1) is 23.7 Å². The second-order valence-electron chi connectivity index (χ2n) is 7.25. The van der Waals surface area contributed by atoms with Gasteiger partial charge in [-0.2, -0.15) is 10.4 Å². The highest BCUT2D eigenvalue weighted by Gasteiger charge is 2.05. The van der Waals surface area contributed by atoms with Crippen LogP contribution in [0.25, 0.3) is 16.8 Å². The molecule has 7 heteroatoms. The zero-order valence-electron chi connectivity index (χ0n) is 18.0. The summed E-state index contributed by atoms with van der Waals surface area (Å²) in [5, 5.41) is 13.1. The Labute approximate surface area is 191 Å². The van der Waals surface area contributed by atoms with Gasteiger partial charge in [0.25, 0.3) is 5.91 Å². The third-order valence-corrected chi connectivity index (χ3v) is 5.01. The van der Waals surface area contributed by atoms with Crippen molar-refractivity contribution >= 4 is 11.6 Å². The maximum absolute atomic E-state index is 12.1. The molecule has 0 saturated heterocycles. The number of ether oxygens (including phenoxy) is 1. The normalized spacial score (nSPS) is 11.0. The average Bonchev–Trinajstić information content (AvgIpc) is 3.42. The predicted octanol–water partition coefficient (Wildman–Crippen LogP) is 4.33. The molecule has 0 aliphatic heterocycles. The van der Waals surface area contributed by atoms with E-state index in [-0.39, 0.29) is 12.5 Å². The largest absolute Gasteiger partial charge is 0.484 e. The minimum absolute atomic E-state index is 0.146. The van der Waals surface area contributed by atoms with E-state index in [1.54, 1.807) is 36.8 Å². The summed E-state index contributed by atoms with van der Waals surface area (Å²) in [5.41, 5.74) is 7.72. The van der Waals surface area contributed by atoms with E-state index >= 15 is 0 Å². The van der Waals surface area contributed by atoms with Crippen LogP contribution in [0.5, 0.6) is 5.75 Å². The van der Waals surface area contributed by atoms with Crippen LogP contribution in [0.15, 0.2) is 96.6 Å². The first-order valence-corrected chi connectivity index (χ1v) is 10.3. The second kappa shape index (κ2) is 10.1. The number of amides is 1. The molecule has 1 aromatic heterocycles. The lowest BCUT2D eigenvalue weighted by molar-refractivity contribution is -0.123. The van der Waals surface area contributed by atoms with Crippen molar-refractivity contribution in [1.82, 2.24) is 15.0 Å². The van der Waals surface area contributed by atoms with Crippen LogP contribution in [0, 0.1) is 11.3 Å². The van der Waals surface area contributed by atoms with Gasteiger partial charge in [-0.1, -0.05) is 36.4 Å². The van der Waals surface area contributed by atoms with Crippen LogP contribution in [-0.4, -0.2) is 27.8 Å². The van der Waals surface area contributed by atoms with Gasteiger partial charge in [-0.05, 0) is 60.0 Å². The lowest BCUT2D eigenvalue weighted by atomic mass is 10.0. The van der Waals surface area contributed by atoms with Crippen molar-refractivity contribution in [3.05, 3.63) is 103 Å². The Morgan fingerprint density at radius 1 is 1.03 bits per heavy atom. The van der Waals surface area contributed by atoms with E-state index in [1.165, 1.54) is 0 Å². The van der Waals surface area contributed by atoms with Gasteiger partial charge in [0.15, 0.2) is 6.61 Å². The fraction of sp³-hybridized carbons (Fsp3) is 0.0769. The molecule has 33 heavy (non-hydrogen) atoms. The highest BCUT2D eigenvalue weighted by atomic mass is 16.5. The molecular formula is C26H21N5O2. The van der Waals surface area contributed by atoms with E-state index in [9.17, 15) is 4.79 Å². The van der Waals surface area contributed by atoms with Gasteiger partial charge >= 0.3 is 0 Å². The molecule has 0 unspecified atom stereocenters. The Bertz CT molecular complexity index is 1290. The monoisotopic (exact) mass is 435 g/mol. The Hall–Kier alpha value is -4.70. The number of imidazole rings is 1. The van der Waals surface area contributed by atoms with Crippen LogP contribution < -0.4 is 10.2 Å². The zero-order valence-corrected chi connectivity index (χ0v) is 18.0. The molecule has 162 valence electrons. The van der Waals surface area contributed by atoms with Gasteiger partial charge in [-0.15, -0.1) is 0 Å². The highest BCUT2D eigenvalue weighted by Crippen LogP contribution is 2.22. The number of nitrogens with zero attached hydrogens (tertiary/aromatic N) is 4. The van der Waals surface area contributed by atoms with E-state index in [0.717, 1.165) is 22.4 Å². The Balaban J connectivity index is 1.29. The maximum atomic E-state index is 12.1. The summed E-state index contributed by atoms with van der Waals surface area (Å²) in [5.74, 6) is 0.235. The summed E-state index contributed by atoms with van der Waals surface area (Å²) in [6.07, 6.45) is 5.33. The lowest BCUT2D eigenvalue weighted by Crippen LogP contribution is -2.25. The first-order valence-electron chi connectivity index (χ1n) is 10.3. The van der Waals surface area contributed by atoms with Crippen LogP contribution in [0.2, 0.25) is 0 Å². The van der Waals surface area contributed by atoms with E-state index in [1.807, 2.05) is 66.2 Å². The van der Waals surface area contributed by atoms with Gasteiger partial charge in [0.1, 0.15) is 5.75 Å². The molecule has 0 aliphatic carbocycles. The molecule has 0 atom stereocenters. The van der Waals surface area contributed by atoms with Crippen molar-refractivity contribution in [3.63, 3.8) is 0 Å². The molecule has 0 fully saturated rings. The van der Waals surface area contributed by atoms with Gasteiger partial charge in [0.2, 0.25) is 0 Å². The number of nitriles is 1. The Morgan fingerprint density at radius 2 is 1.70 bits per heavy atom. The molecule has 4 aromatic rings.